The van der Waals surface area contributed by atoms with Gasteiger partial charge >= 0.3 is 0 Å². The van der Waals surface area contributed by atoms with Crippen LogP contribution < -0.4 is 0 Å². The van der Waals surface area contributed by atoms with Gasteiger partial charge in [0.05, 0.1) is 5.56 Å². The van der Waals surface area contributed by atoms with Crippen LogP contribution in [0.5, 0.6) is 0 Å². The third-order valence-corrected chi connectivity index (χ3v) is 5.95. The molecule has 1 aromatic carbocycles. The molecule has 1 aliphatic rings. The Bertz CT molecular complexity index is 1390. The second kappa shape index (κ2) is 7.24. The number of rotatable bonds is 5. The molecule has 0 N–H and O–H groups in total. The Morgan fingerprint density at radius 2 is 1.68 bits per heavy atom. The van der Waals surface area contributed by atoms with Gasteiger partial charge in [-0.2, -0.15) is 9.61 Å². The zero-order chi connectivity index (χ0) is 20.8. The first-order valence-corrected chi connectivity index (χ1v) is 10.6. The summed E-state index contributed by atoms with van der Waals surface area (Å²) in [7, 11) is 0. The molecule has 1 saturated carbocycles. The first-order chi connectivity index (χ1) is 15.3. The molecule has 0 spiro atoms. The Kier molecular flexibility index (Phi) is 4.23. The standard InChI is InChI=1S/C21H15FN8S/c22-16-4-2-1-3-15(16)20-26-24-17-7-8-18(28-30(17)20)31-21-27-25-19(29(21)14-5-6-14)13-9-11-23-12-10-13/h1-4,7-12,14H,5-6H2. The SMILES string of the molecule is Fc1ccccc1-c1nnc2ccc(Sc3nnc(-c4ccncc4)n3C3CC3)nn12. The van der Waals surface area contributed by atoms with Crippen molar-refractivity contribution in [2.75, 3.05) is 0 Å². The Balaban J connectivity index is 1.40. The fraction of sp³-hybridized carbons (Fsp3) is 0.143. The molecular weight excluding hydrogens is 415 g/mol. The topological polar surface area (TPSA) is 86.7 Å². The Hall–Kier alpha value is -3.66. The van der Waals surface area contributed by atoms with E-state index >= 15 is 0 Å². The lowest BCUT2D eigenvalue weighted by atomic mass is 10.2. The smallest absolute Gasteiger partial charge is 0.198 e. The van der Waals surface area contributed by atoms with Crippen molar-refractivity contribution in [3.8, 4) is 22.8 Å². The van der Waals surface area contributed by atoms with Gasteiger partial charge in [-0.15, -0.1) is 20.4 Å². The molecule has 0 amide bonds. The molecule has 0 unspecified atom stereocenters. The molecule has 0 radical (unpaired) electrons. The van der Waals surface area contributed by atoms with E-state index in [1.165, 1.54) is 17.8 Å². The zero-order valence-electron chi connectivity index (χ0n) is 16.1. The van der Waals surface area contributed by atoms with E-state index in [2.05, 4.69) is 35.0 Å². The van der Waals surface area contributed by atoms with Crippen LogP contribution in [-0.4, -0.2) is 39.6 Å². The van der Waals surface area contributed by atoms with Crippen molar-refractivity contribution >= 4 is 17.4 Å². The van der Waals surface area contributed by atoms with E-state index in [-0.39, 0.29) is 5.82 Å². The van der Waals surface area contributed by atoms with Crippen LogP contribution in [0.4, 0.5) is 4.39 Å². The minimum Gasteiger partial charge on any atom is -0.299 e. The van der Waals surface area contributed by atoms with Gasteiger partial charge in [-0.25, -0.2) is 4.39 Å². The predicted octanol–water partition coefficient (Wildman–Crippen LogP) is 4.07. The third-order valence-electron chi connectivity index (χ3n) is 5.06. The van der Waals surface area contributed by atoms with Crippen LogP contribution in [0.3, 0.4) is 0 Å². The van der Waals surface area contributed by atoms with Gasteiger partial charge in [-0.05, 0) is 61.0 Å². The molecular formula is C21H15FN8S. The summed E-state index contributed by atoms with van der Waals surface area (Å²) >= 11 is 1.42. The number of hydrogen-bond acceptors (Lipinski definition) is 7. The van der Waals surface area contributed by atoms with Crippen molar-refractivity contribution in [2.45, 2.75) is 29.1 Å². The highest BCUT2D eigenvalue weighted by molar-refractivity contribution is 7.99. The van der Waals surface area contributed by atoms with E-state index < -0.39 is 0 Å². The fourth-order valence-electron chi connectivity index (χ4n) is 3.44. The highest BCUT2D eigenvalue weighted by Crippen LogP contribution is 2.42. The van der Waals surface area contributed by atoms with Gasteiger partial charge in [0.2, 0.25) is 0 Å². The van der Waals surface area contributed by atoms with Gasteiger partial charge < -0.3 is 0 Å². The summed E-state index contributed by atoms with van der Waals surface area (Å²) in [6.45, 7) is 0. The lowest BCUT2D eigenvalue weighted by molar-refractivity contribution is 0.628. The van der Waals surface area contributed by atoms with E-state index in [4.69, 9.17) is 0 Å². The van der Waals surface area contributed by atoms with Gasteiger partial charge in [-0.3, -0.25) is 9.55 Å². The molecule has 4 aromatic heterocycles. The number of pyridine rings is 1. The highest BCUT2D eigenvalue weighted by atomic mass is 32.2. The number of fused-ring (bicyclic) bond motifs is 1. The average Bonchev–Trinajstić information content (AvgIpc) is 3.42. The van der Waals surface area contributed by atoms with Crippen molar-refractivity contribution in [3.05, 3.63) is 66.7 Å². The molecule has 0 saturated heterocycles. The summed E-state index contributed by atoms with van der Waals surface area (Å²) in [4.78, 5) is 4.08. The van der Waals surface area contributed by atoms with E-state index in [0.29, 0.717) is 28.1 Å². The minimum atomic E-state index is -0.368. The molecule has 4 heterocycles. The number of hydrogen-bond donors (Lipinski definition) is 0. The summed E-state index contributed by atoms with van der Waals surface area (Å²) in [5.74, 6) is 0.814. The number of benzene rings is 1. The number of nitrogens with zero attached hydrogens (tertiary/aromatic N) is 8. The molecule has 0 atom stereocenters. The molecule has 31 heavy (non-hydrogen) atoms. The molecule has 0 bridgehead atoms. The van der Waals surface area contributed by atoms with E-state index in [0.717, 1.165) is 29.4 Å². The van der Waals surface area contributed by atoms with E-state index in [9.17, 15) is 4.39 Å². The Morgan fingerprint density at radius 3 is 2.48 bits per heavy atom. The van der Waals surface area contributed by atoms with Crippen LogP contribution in [0.15, 0.2) is 71.1 Å². The maximum absolute atomic E-state index is 14.3. The number of aromatic nitrogens is 8. The molecule has 5 aromatic rings. The first kappa shape index (κ1) is 18.1. The van der Waals surface area contributed by atoms with Gasteiger partial charge in [0.25, 0.3) is 0 Å². The summed E-state index contributed by atoms with van der Waals surface area (Å²) in [5, 5.41) is 23.2. The maximum atomic E-state index is 14.3. The minimum absolute atomic E-state index is 0.353. The highest BCUT2D eigenvalue weighted by Gasteiger charge is 2.30. The lowest BCUT2D eigenvalue weighted by Gasteiger charge is -2.08. The summed E-state index contributed by atoms with van der Waals surface area (Å²) in [6, 6.07) is 14.4. The largest absolute Gasteiger partial charge is 0.299 e. The first-order valence-electron chi connectivity index (χ1n) is 9.78. The fourth-order valence-corrected chi connectivity index (χ4v) is 4.30. The van der Waals surface area contributed by atoms with Gasteiger partial charge in [-0.1, -0.05) is 12.1 Å². The van der Waals surface area contributed by atoms with E-state index in [1.807, 2.05) is 24.3 Å². The molecule has 10 heteroatoms. The number of halogens is 1. The van der Waals surface area contributed by atoms with Crippen LogP contribution in [0.1, 0.15) is 18.9 Å². The lowest BCUT2D eigenvalue weighted by Crippen LogP contribution is -2.01. The van der Waals surface area contributed by atoms with Crippen molar-refractivity contribution in [1.29, 1.82) is 0 Å². The molecule has 6 rings (SSSR count). The van der Waals surface area contributed by atoms with Crippen LogP contribution in [-0.2, 0) is 0 Å². The molecule has 8 nitrogen and oxygen atoms in total. The van der Waals surface area contributed by atoms with Crippen LogP contribution in [0.2, 0.25) is 0 Å². The Morgan fingerprint density at radius 1 is 0.871 bits per heavy atom. The third kappa shape index (κ3) is 3.25. The van der Waals surface area contributed by atoms with E-state index in [1.54, 1.807) is 35.1 Å². The van der Waals surface area contributed by atoms with Gasteiger partial charge in [0.1, 0.15) is 10.8 Å². The van der Waals surface area contributed by atoms with Crippen LogP contribution in [0.25, 0.3) is 28.4 Å². The average molecular weight is 430 g/mol. The quantitative estimate of drug-likeness (QED) is 0.415. The summed E-state index contributed by atoms with van der Waals surface area (Å²) in [6.07, 6.45) is 5.69. The maximum Gasteiger partial charge on any atom is 0.198 e. The van der Waals surface area contributed by atoms with Gasteiger partial charge in [0.15, 0.2) is 22.5 Å². The summed E-state index contributed by atoms with van der Waals surface area (Å²) < 4.78 is 18.0. The normalized spacial score (nSPS) is 13.7. The monoisotopic (exact) mass is 430 g/mol. The molecule has 1 aliphatic carbocycles. The molecule has 152 valence electrons. The second-order valence-corrected chi connectivity index (χ2v) is 8.18. The van der Waals surface area contributed by atoms with Crippen molar-refractivity contribution in [3.63, 3.8) is 0 Å². The molecule has 0 aliphatic heterocycles. The Labute approximate surface area is 180 Å². The van der Waals surface area contributed by atoms with Crippen molar-refractivity contribution < 1.29 is 4.39 Å². The zero-order valence-corrected chi connectivity index (χ0v) is 16.9. The van der Waals surface area contributed by atoms with Gasteiger partial charge in [0, 0.05) is 24.0 Å². The summed E-state index contributed by atoms with van der Waals surface area (Å²) in [5.41, 5.74) is 1.87. The van der Waals surface area contributed by atoms with Crippen LogP contribution in [0, 0.1) is 5.82 Å². The van der Waals surface area contributed by atoms with Crippen molar-refractivity contribution in [1.82, 2.24) is 39.6 Å². The second-order valence-electron chi connectivity index (χ2n) is 7.19. The van der Waals surface area contributed by atoms with Crippen molar-refractivity contribution in [2.24, 2.45) is 0 Å². The predicted molar refractivity (Wildman–Crippen MR) is 112 cm³/mol. The molecule has 1 fully saturated rings. The van der Waals surface area contributed by atoms with Crippen LogP contribution >= 0.6 is 11.8 Å².